The lowest BCUT2D eigenvalue weighted by Crippen LogP contribution is -2.50. The molecule has 7 nitrogen and oxygen atoms in total. The molecular formula is C20H20N2O5. The number of hydrogen-bond acceptors (Lipinski definition) is 4. The van der Waals surface area contributed by atoms with Crippen LogP contribution >= 0.6 is 0 Å². The van der Waals surface area contributed by atoms with Crippen molar-refractivity contribution in [1.29, 1.82) is 0 Å². The lowest BCUT2D eigenvalue weighted by atomic mass is 9.91. The van der Waals surface area contributed by atoms with Gasteiger partial charge in [-0.1, -0.05) is 18.2 Å². The zero-order valence-electron chi connectivity index (χ0n) is 14.6. The van der Waals surface area contributed by atoms with Gasteiger partial charge in [0.2, 0.25) is 0 Å². The molecule has 3 rings (SSSR count). The van der Waals surface area contributed by atoms with Crippen molar-refractivity contribution < 1.29 is 24.6 Å². The quantitative estimate of drug-likeness (QED) is 0.765. The van der Waals surface area contributed by atoms with Gasteiger partial charge in [-0.15, -0.1) is 0 Å². The standard InChI is InChI=1S/C20H20N2O5/c23-17(21-16-4-2-1-3-5-16)14-6-8-15(9-7-14)18(24)22-12-10-20(27,11-13-22)19(25)26/h1-9,27H,10-13H2,(H,21,23)(H,25,26). The Balaban J connectivity index is 1.62. The van der Waals surface area contributed by atoms with Crippen molar-refractivity contribution in [2.75, 3.05) is 18.4 Å². The summed E-state index contributed by atoms with van der Waals surface area (Å²) in [5, 5.41) is 21.8. The SMILES string of the molecule is O=C(Nc1ccccc1)c1ccc(C(=O)N2CCC(O)(C(=O)O)CC2)cc1. The predicted octanol–water partition coefficient (Wildman–Crippen LogP) is 1.99. The fraction of sp³-hybridized carbons (Fsp3) is 0.250. The number of anilines is 1. The van der Waals surface area contributed by atoms with E-state index in [0.717, 1.165) is 0 Å². The smallest absolute Gasteiger partial charge is 0.335 e. The van der Waals surface area contributed by atoms with Gasteiger partial charge in [0.1, 0.15) is 0 Å². The van der Waals surface area contributed by atoms with E-state index < -0.39 is 11.6 Å². The average Bonchev–Trinajstić information content (AvgIpc) is 2.69. The molecule has 140 valence electrons. The molecule has 0 spiro atoms. The van der Waals surface area contributed by atoms with E-state index in [0.29, 0.717) is 16.8 Å². The van der Waals surface area contributed by atoms with Crippen molar-refractivity contribution in [3.05, 3.63) is 65.7 Å². The maximum Gasteiger partial charge on any atom is 0.335 e. The Morgan fingerprint density at radius 3 is 2.00 bits per heavy atom. The van der Waals surface area contributed by atoms with Crippen LogP contribution in [0.25, 0.3) is 0 Å². The Kier molecular flexibility index (Phi) is 5.23. The van der Waals surface area contributed by atoms with Gasteiger partial charge in [0.25, 0.3) is 11.8 Å². The maximum atomic E-state index is 12.5. The van der Waals surface area contributed by atoms with Gasteiger partial charge in [0.15, 0.2) is 5.60 Å². The van der Waals surface area contributed by atoms with Crippen LogP contribution in [0.3, 0.4) is 0 Å². The molecule has 0 radical (unpaired) electrons. The van der Waals surface area contributed by atoms with Gasteiger partial charge in [0.05, 0.1) is 0 Å². The van der Waals surface area contributed by atoms with Gasteiger partial charge in [-0.25, -0.2) is 4.79 Å². The summed E-state index contributed by atoms with van der Waals surface area (Å²) in [6, 6.07) is 15.3. The van der Waals surface area contributed by atoms with E-state index in [1.165, 1.54) is 4.90 Å². The van der Waals surface area contributed by atoms with Gasteiger partial charge < -0.3 is 20.4 Å². The molecule has 1 saturated heterocycles. The van der Waals surface area contributed by atoms with Gasteiger partial charge in [-0.3, -0.25) is 9.59 Å². The molecule has 0 aliphatic carbocycles. The van der Waals surface area contributed by atoms with Crippen molar-refractivity contribution in [2.45, 2.75) is 18.4 Å². The minimum atomic E-state index is -1.77. The molecule has 3 N–H and O–H groups in total. The molecule has 2 amide bonds. The number of carboxylic acids is 1. The lowest BCUT2D eigenvalue weighted by molar-refractivity contribution is -0.162. The van der Waals surface area contributed by atoms with Crippen LogP contribution in [0.1, 0.15) is 33.6 Å². The minimum Gasteiger partial charge on any atom is -0.479 e. The summed E-state index contributed by atoms with van der Waals surface area (Å²) in [5.74, 6) is -1.79. The molecular weight excluding hydrogens is 348 g/mol. The molecule has 2 aromatic rings. The molecule has 0 unspecified atom stereocenters. The maximum absolute atomic E-state index is 12.5. The number of carboxylic acid groups (broad SMARTS) is 1. The fourth-order valence-corrected chi connectivity index (χ4v) is 2.97. The van der Waals surface area contributed by atoms with Crippen molar-refractivity contribution in [3.63, 3.8) is 0 Å². The van der Waals surface area contributed by atoms with E-state index in [4.69, 9.17) is 5.11 Å². The Morgan fingerprint density at radius 2 is 1.44 bits per heavy atom. The minimum absolute atomic E-state index is 0.00830. The highest BCUT2D eigenvalue weighted by molar-refractivity contribution is 6.05. The van der Waals surface area contributed by atoms with Crippen molar-refractivity contribution in [1.82, 2.24) is 4.90 Å². The molecule has 1 fully saturated rings. The fourth-order valence-electron chi connectivity index (χ4n) is 2.97. The normalized spacial score (nSPS) is 15.8. The highest BCUT2D eigenvalue weighted by atomic mass is 16.4. The second kappa shape index (κ2) is 7.59. The summed E-state index contributed by atoms with van der Waals surface area (Å²) in [5.41, 5.74) is -0.251. The van der Waals surface area contributed by atoms with Crippen LogP contribution in [0.4, 0.5) is 5.69 Å². The summed E-state index contributed by atoms with van der Waals surface area (Å²) in [7, 11) is 0. The number of carbonyl (C=O) groups excluding carboxylic acids is 2. The van der Waals surface area contributed by atoms with E-state index >= 15 is 0 Å². The second-order valence-corrected chi connectivity index (χ2v) is 6.53. The summed E-state index contributed by atoms with van der Waals surface area (Å²) in [6.45, 7) is 0.329. The van der Waals surface area contributed by atoms with Crippen molar-refractivity contribution in [3.8, 4) is 0 Å². The number of amides is 2. The molecule has 0 saturated carbocycles. The van der Waals surface area contributed by atoms with Crippen LogP contribution in [-0.4, -0.2) is 51.6 Å². The Hall–Kier alpha value is -3.19. The molecule has 0 aromatic heterocycles. The monoisotopic (exact) mass is 368 g/mol. The molecule has 7 heteroatoms. The highest BCUT2D eigenvalue weighted by Gasteiger charge is 2.40. The number of carbonyl (C=O) groups is 3. The van der Waals surface area contributed by atoms with E-state index in [-0.39, 0.29) is 37.7 Å². The lowest BCUT2D eigenvalue weighted by Gasteiger charge is -2.35. The number of para-hydroxylation sites is 1. The van der Waals surface area contributed by atoms with Crippen LogP contribution in [0.5, 0.6) is 0 Å². The van der Waals surface area contributed by atoms with Gasteiger partial charge in [-0.2, -0.15) is 0 Å². The zero-order chi connectivity index (χ0) is 19.4. The number of hydrogen-bond donors (Lipinski definition) is 3. The molecule has 0 atom stereocenters. The first-order chi connectivity index (χ1) is 12.9. The Bertz CT molecular complexity index is 840. The third kappa shape index (κ3) is 4.15. The molecule has 0 bridgehead atoms. The van der Waals surface area contributed by atoms with Crippen LogP contribution in [0.15, 0.2) is 54.6 Å². The molecule has 1 heterocycles. The van der Waals surface area contributed by atoms with Gasteiger partial charge in [-0.05, 0) is 36.4 Å². The Morgan fingerprint density at radius 1 is 0.889 bits per heavy atom. The summed E-state index contributed by atoms with van der Waals surface area (Å²) in [4.78, 5) is 37.4. The number of nitrogens with one attached hydrogen (secondary N) is 1. The number of piperidine rings is 1. The van der Waals surface area contributed by atoms with Crippen LogP contribution in [-0.2, 0) is 4.79 Å². The molecule has 1 aliphatic heterocycles. The van der Waals surface area contributed by atoms with E-state index in [9.17, 15) is 19.5 Å². The number of likely N-dealkylation sites (tertiary alicyclic amines) is 1. The zero-order valence-corrected chi connectivity index (χ0v) is 14.6. The summed E-state index contributed by atoms with van der Waals surface area (Å²) >= 11 is 0. The van der Waals surface area contributed by atoms with Crippen LogP contribution in [0, 0.1) is 0 Å². The van der Waals surface area contributed by atoms with E-state index in [2.05, 4.69) is 5.32 Å². The number of benzene rings is 2. The first kappa shape index (κ1) is 18.6. The number of aliphatic carboxylic acids is 1. The second-order valence-electron chi connectivity index (χ2n) is 6.53. The first-order valence-corrected chi connectivity index (χ1v) is 8.60. The van der Waals surface area contributed by atoms with Gasteiger partial charge in [0, 0.05) is 42.7 Å². The molecule has 1 aliphatic rings. The van der Waals surface area contributed by atoms with E-state index in [1.807, 2.05) is 18.2 Å². The Labute approximate surface area is 156 Å². The van der Waals surface area contributed by atoms with Gasteiger partial charge >= 0.3 is 5.97 Å². The number of rotatable bonds is 4. The number of aliphatic hydroxyl groups is 1. The third-order valence-corrected chi connectivity index (χ3v) is 4.70. The van der Waals surface area contributed by atoms with Crippen molar-refractivity contribution >= 4 is 23.5 Å². The average molecular weight is 368 g/mol. The third-order valence-electron chi connectivity index (χ3n) is 4.70. The summed E-state index contributed by atoms with van der Waals surface area (Å²) in [6.07, 6.45) is -0.0166. The first-order valence-electron chi connectivity index (χ1n) is 8.60. The summed E-state index contributed by atoms with van der Waals surface area (Å²) < 4.78 is 0. The van der Waals surface area contributed by atoms with Crippen LogP contribution < -0.4 is 5.32 Å². The largest absolute Gasteiger partial charge is 0.479 e. The molecule has 2 aromatic carbocycles. The number of nitrogens with zero attached hydrogens (tertiary/aromatic N) is 1. The van der Waals surface area contributed by atoms with E-state index in [1.54, 1.807) is 36.4 Å². The topological polar surface area (TPSA) is 107 Å². The van der Waals surface area contributed by atoms with Crippen molar-refractivity contribution in [2.24, 2.45) is 0 Å². The predicted molar refractivity (Wildman–Crippen MR) is 98.6 cm³/mol. The highest BCUT2D eigenvalue weighted by Crippen LogP contribution is 2.23. The molecule has 27 heavy (non-hydrogen) atoms. The van der Waals surface area contributed by atoms with Crippen LogP contribution in [0.2, 0.25) is 0 Å².